The molecule has 0 aliphatic carbocycles. The highest BCUT2D eigenvalue weighted by Crippen LogP contribution is 2.07. The molecule has 0 aromatic heterocycles. The van der Waals surface area contributed by atoms with Gasteiger partial charge in [0.1, 0.15) is 0 Å². The quantitative estimate of drug-likeness (QED) is 0.505. The Morgan fingerprint density at radius 1 is 1.36 bits per heavy atom. The molecule has 1 unspecified atom stereocenters. The summed E-state index contributed by atoms with van der Waals surface area (Å²) in [6.07, 6.45) is 2.55. The van der Waals surface area contributed by atoms with Crippen LogP contribution in [0.4, 0.5) is 0 Å². The Labute approximate surface area is 84.3 Å². The number of rotatable bonds is 7. The van der Waals surface area contributed by atoms with Gasteiger partial charge in [-0.15, -0.1) is 0 Å². The van der Waals surface area contributed by atoms with Crippen LogP contribution >= 0.6 is 0 Å². The van der Waals surface area contributed by atoms with Crippen molar-refractivity contribution in [1.82, 2.24) is 0 Å². The minimum absolute atomic E-state index is 0.198. The standard InChI is InChI=1S/C10H18O4/c1-3-9(11)14-7-5-4-6-8(2)10(12)13/h8H,3-7H2,1-2H3,(H,12,13). The van der Waals surface area contributed by atoms with E-state index in [-0.39, 0.29) is 11.9 Å². The van der Waals surface area contributed by atoms with E-state index in [1.165, 1.54) is 0 Å². The Kier molecular flexibility index (Phi) is 6.80. The van der Waals surface area contributed by atoms with Gasteiger partial charge < -0.3 is 9.84 Å². The predicted octanol–water partition coefficient (Wildman–Crippen LogP) is 1.83. The van der Waals surface area contributed by atoms with Crippen LogP contribution in [0.2, 0.25) is 0 Å². The van der Waals surface area contributed by atoms with E-state index in [1.807, 2.05) is 0 Å². The van der Waals surface area contributed by atoms with Crippen molar-refractivity contribution in [3.05, 3.63) is 0 Å². The molecule has 0 aromatic carbocycles. The van der Waals surface area contributed by atoms with Crippen molar-refractivity contribution < 1.29 is 19.4 Å². The number of hydrogen-bond donors (Lipinski definition) is 1. The fourth-order valence-electron chi connectivity index (χ4n) is 0.964. The fourth-order valence-corrected chi connectivity index (χ4v) is 0.964. The summed E-state index contributed by atoms with van der Waals surface area (Å²) in [5.74, 6) is -1.27. The summed E-state index contributed by atoms with van der Waals surface area (Å²) in [5.41, 5.74) is 0. The molecule has 4 nitrogen and oxygen atoms in total. The van der Waals surface area contributed by atoms with Gasteiger partial charge in [-0.1, -0.05) is 13.8 Å². The minimum atomic E-state index is -0.768. The first-order chi connectivity index (χ1) is 6.57. The highest BCUT2D eigenvalue weighted by Gasteiger charge is 2.09. The van der Waals surface area contributed by atoms with Crippen LogP contribution in [0, 0.1) is 5.92 Å². The molecule has 0 aromatic rings. The molecule has 1 N–H and O–H groups in total. The SMILES string of the molecule is CCC(=O)OCCCCC(C)C(=O)O. The summed E-state index contributed by atoms with van der Waals surface area (Å²) < 4.78 is 4.85. The van der Waals surface area contributed by atoms with Gasteiger partial charge in [0.05, 0.1) is 12.5 Å². The second-order valence-corrected chi connectivity index (χ2v) is 3.31. The van der Waals surface area contributed by atoms with Gasteiger partial charge >= 0.3 is 11.9 Å². The summed E-state index contributed by atoms with van der Waals surface area (Å²) in [6.45, 7) is 3.83. The van der Waals surface area contributed by atoms with E-state index in [9.17, 15) is 9.59 Å². The highest BCUT2D eigenvalue weighted by molar-refractivity contribution is 5.69. The molecule has 0 rings (SSSR count). The van der Waals surface area contributed by atoms with Gasteiger partial charge in [-0.2, -0.15) is 0 Å². The van der Waals surface area contributed by atoms with Crippen molar-refractivity contribution in [2.45, 2.75) is 39.5 Å². The van der Waals surface area contributed by atoms with Crippen molar-refractivity contribution >= 4 is 11.9 Å². The van der Waals surface area contributed by atoms with Crippen molar-refractivity contribution in [3.8, 4) is 0 Å². The molecular weight excluding hydrogens is 184 g/mol. The lowest BCUT2D eigenvalue weighted by Gasteiger charge is -2.05. The predicted molar refractivity (Wildman–Crippen MR) is 51.9 cm³/mol. The zero-order chi connectivity index (χ0) is 11.0. The maximum Gasteiger partial charge on any atom is 0.306 e. The molecule has 1 atom stereocenters. The van der Waals surface area contributed by atoms with Crippen LogP contribution in [-0.4, -0.2) is 23.7 Å². The van der Waals surface area contributed by atoms with Crippen molar-refractivity contribution in [3.63, 3.8) is 0 Å². The third kappa shape index (κ3) is 6.46. The van der Waals surface area contributed by atoms with E-state index in [2.05, 4.69) is 0 Å². The topological polar surface area (TPSA) is 63.6 Å². The molecule has 0 fully saturated rings. The molecule has 0 aliphatic heterocycles. The molecule has 0 radical (unpaired) electrons. The average molecular weight is 202 g/mol. The molecule has 0 amide bonds. The Balaban J connectivity index is 3.30. The monoisotopic (exact) mass is 202 g/mol. The first-order valence-corrected chi connectivity index (χ1v) is 4.96. The lowest BCUT2D eigenvalue weighted by molar-refractivity contribution is -0.144. The number of carboxylic acids is 1. The number of carboxylic acid groups (broad SMARTS) is 1. The Morgan fingerprint density at radius 3 is 2.50 bits per heavy atom. The van der Waals surface area contributed by atoms with Gasteiger partial charge in [0, 0.05) is 6.42 Å². The molecule has 0 heterocycles. The van der Waals surface area contributed by atoms with Crippen LogP contribution in [0.1, 0.15) is 39.5 Å². The molecule has 14 heavy (non-hydrogen) atoms. The highest BCUT2D eigenvalue weighted by atomic mass is 16.5. The Hall–Kier alpha value is -1.06. The number of hydrogen-bond acceptors (Lipinski definition) is 3. The number of carbonyl (C=O) groups is 2. The normalized spacial score (nSPS) is 12.1. The smallest absolute Gasteiger partial charge is 0.306 e. The average Bonchev–Trinajstić information content (AvgIpc) is 2.16. The number of unbranched alkanes of at least 4 members (excludes halogenated alkanes) is 1. The molecular formula is C10H18O4. The number of aliphatic carboxylic acids is 1. The molecule has 0 bridgehead atoms. The zero-order valence-corrected chi connectivity index (χ0v) is 8.78. The Morgan fingerprint density at radius 2 is 2.00 bits per heavy atom. The molecule has 0 spiro atoms. The van der Waals surface area contributed by atoms with E-state index in [0.717, 1.165) is 12.8 Å². The van der Waals surface area contributed by atoms with Gasteiger partial charge in [-0.05, 0) is 19.3 Å². The van der Waals surface area contributed by atoms with Crippen LogP contribution in [-0.2, 0) is 14.3 Å². The maximum atomic E-state index is 10.7. The third-order valence-electron chi connectivity index (χ3n) is 2.00. The van der Waals surface area contributed by atoms with Crippen LogP contribution in [0.15, 0.2) is 0 Å². The van der Waals surface area contributed by atoms with Crippen LogP contribution in [0.3, 0.4) is 0 Å². The third-order valence-corrected chi connectivity index (χ3v) is 2.00. The van der Waals surface area contributed by atoms with Crippen molar-refractivity contribution in [2.24, 2.45) is 5.92 Å². The maximum absolute atomic E-state index is 10.7. The van der Waals surface area contributed by atoms with Gasteiger partial charge in [0.25, 0.3) is 0 Å². The van der Waals surface area contributed by atoms with Gasteiger partial charge in [-0.3, -0.25) is 9.59 Å². The number of ether oxygens (including phenoxy) is 1. The summed E-state index contributed by atoms with van der Waals surface area (Å²) in [5, 5.41) is 8.58. The molecule has 0 saturated carbocycles. The van der Waals surface area contributed by atoms with Crippen LogP contribution < -0.4 is 0 Å². The van der Waals surface area contributed by atoms with Gasteiger partial charge in [0.2, 0.25) is 0 Å². The molecule has 0 saturated heterocycles. The molecule has 82 valence electrons. The van der Waals surface area contributed by atoms with Crippen LogP contribution in [0.25, 0.3) is 0 Å². The Bertz CT molecular complexity index is 189. The van der Waals surface area contributed by atoms with Crippen LogP contribution in [0.5, 0.6) is 0 Å². The van der Waals surface area contributed by atoms with E-state index in [4.69, 9.17) is 9.84 Å². The fraction of sp³-hybridized carbons (Fsp3) is 0.800. The number of esters is 1. The second kappa shape index (κ2) is 7.35. The summed E-state index contributed by atoms with van der Waals surface area (Å²) in [6, 6.07) is 0. The van der Waals surface area contributed by atoms with E-state index >= 15 is 0 Å². The molecule has 0 aliphatic rings. The second-order valence-electron chi connectivity index (χ2n) is 3.31. The largest absolute Gasteiger partial charge is 0.481 e. The van der Waals surface area contributed by atoms with Crippen molar-refractivity contribution in [2.75, 3.05) is 6.61 Å². The summed E-state index contributed by atoms with van der Waals surface area (Å²) >= 11 is 0. The molecule has 4 heteroatoms. The first-order valence-electron chi connectivity index (χ1n) is 4.96. The summed E-state index contributed by atoms with van der Waals surface area (Å²) in [4.78, 5) is 21.1. The van der Waals surface area contributed by atoms with Gasteiger partial charge in [0.15, 0.2) is 0 Å². The van der Waals surface area contributed by atoms with E-state index < -0.39 is 5.97 Å². The van der Waals surface area contributed by atoms with Crippen molar-refractivity contribution in [1.29, 1.82) is 0 Å². The lowest BCUT2D eigenvalue weighted by atomic mass is 10.1. The lowest BCUT2D eigenvalue weighted by Crippen LogP contribution is -2.10. The summed E-state index contributed by atoms with van der Waals surface area (Å²) in [7, 11) is 0. The minimum Gasteiger partial charge on any atom is -0.481 e. The zero-order valence-electron chi connectivity index (χ0n) is 8.78. The van der Waals surface area contributed by atoms with E-state index in [0.29, 0.717) is 19.4 Å². The first kappa shape index (κ1) is 12.9. The van der Waals surface area contributed by atoms with Gasteiger partial charge in [-0.25, -0.2) is 0 Å². The number of carbonyl (C=O) groups excluding carboxylic acids is 1. The van der Waals surface area contributed by atoms with E-state index in [1.54, 1.807) is 13.8 Å².